The molecule has 0 aliphatic carbocycles. The van der Waals surface area contributed by atoms with Gasteiger partial charge in [0.05, 0.1) is 10.7 Å². The van der Waals surface area contributed by atoms with Crippen LogP contribution in [0.25, 0.3) is 0 Å². The molecule has 0 aliphatic rings. The summed E-state index contributed by atoms with van der Waals surface area (Å²) in [6, 6.07) is 14.0. The van der Waals surface area contributed by atoms with Gasteiger partial charge in [-0.1, -0.05) is 12.1 Å². The Morgan fingerprint density at radius 1 is 1.23 bits per heavy atom. The van der Waals surface area contributed by atoms with Crippen LogP contribution in [-0.2, 0) is 10.5 Å². The fraction of sp³-hybridized carbons (Fsp3) is 0.133. The summed E-state index contributed by atoms with van der Waals surface area (Å²) in [6.07, 6.45) is 0. The number of nitro groups is 1. The first-order valence-corrected chi connectivity index (χ1v) is 8.64. The number of rotatable bonds is 6. The Bertz CT molecular complexity index is 677. The quantitative estimate of drug-likeness (QED) is 0.428. The Kier molecular flexibility index (Phi) is 6.20. The first-order chi connectivity index (χ1) is 10.5. The number of carbonyl (C=O) groups excluding carboxylic acids is 1. The highest BCUT2D eigenvalue weighted by Gasteiger charge is 2.07. The predicted octanol–water partition coefficient (Wildman–Crippen LogP) is 4.07. The molecule has 0 atom stereocenters. The zero-order valence-corrected chi connectivity index (χ0v) is 14.5. The molecule has 0 radical (unpaired) electrons. The molecule has 5 nitrogen and oxygen atoms in total. The molecule has 0 bridgehead atoms. The largest absolute Gasteiger partial charge is 0.325 e. The molecule has 0 heterocycles. The van der Waals surface area contributed by atoms with Crippen molar-refractivity contribution in [3.63, 3.8) is 0 Å². The lowest BCUT2D eigenvalue weighted by Crippen LogP contribution is -2.14. The molecule has 1 N–H and O–H groups in total. The highest BCUT2D eigenvalue weighted by molar-refractivity contribution is 14.1. The van der Waals surface area contributed by atoms with E-state index in [1.165, 1.54) is 23.9 Å². The number of nitro benzene ring substituents is 1. The number of amides is 1. The van der Waals surface area contributed by atoms with Gasteiger partial charge in [-0.05, 0) is 52.4 Å². The van der Waals surface area contributed by atoms with Gasteiger partial charge in [0, 0.05) is 27.1 Å². The lowest BCUT2D eigenvalue weighted by Gasteiger charge is -2.05. The van der Waals surface area contributed by atoms with Crippen LogP contribution in [0.3, 0.4) is 0 Å². The molecule has 7 heteroatoms. The number of nitrogens with zero attached hydrogens (tertiary/aromatic N) is 1. The Morgan fingerprint density at radius 2 is 1.95 bits per heavy atom. The van der Waals surface area contributed by atoms with Crippen LogP contribution in [0, 0.1) is 13.7 Å². The van der Waals surface area contributed by atoms with E-state index in [4.69, 9.17) is 0 Å². The number of hydrogen-bond donors (Lipinski definition) is 1. The molecule has 0 saturated heterocycles. The monoisotopic (exact) mass is 428 g/mol. The molecular weight excluding hydrogens is 415 g/mol. The van der Waals surface area contributed by atoms with E-state index >= 15 is 0 Å². The Hall–Kier alpha value is -1.61. The van der Waals surface area contributed by atoms with Crippen molar-refractivity contribution in [2.24, 2.45) is 0 Å². The fourth-order valence-corrected chi connectivity index (χ4v) is 2.89. The second-order valence-electron chi connectivity index (χ2n) is 4.47. The second-order valence-corrected chi connectivity index (χ2v) is 6.71. The third kappa shape index (κ3) is 5.30. The maximum absolute atomic E-state index is 11.8. The van der Waals surface area contributed by atoms with Crippen molar-refractivity contribution in [1.82, 2.24) is 0 Å². The third-order valence-electron chi connectivity index (χ3n) is 2.75. The number of benzene rings is 2. The fourth-order valence-electron chi connectivity index (χ4n) is 1.75. The maximum Gasteiger partial charge on any atom is 0.269 e. The number of nitrogens with one attached hydrogen (secondary N) is 1. The molecule has 2 aromatic carbocycles. The summed E-state index contributed by atoms with van der Waals surface area (Å²) in [7, 11) is 0. The van der Waals surface area contributed by atoms with Gasteiger partial charge >= 0.3 is 0 Å². The van der Waals surface area contributed by atoms with Crippen molar-refractivity contribution < 1.29 is 9.72 Å². The Balaban J connectivity index is 1.80. The van der Waals surface area contributed by atoms with Crippen molar-refractivity contribution in [3.8, 4) is 0 Å². The molecule has 0 aliphatic heterocycles. The van der Waals surface area contributed by atoms with Gasteiger partial charge in [0.15, 0.2) is 0 Å². The van der Waals surface area contributed by atoms with Gasteiger partial charge in [-0.3, -0.25) is 14.9 Å². The van der Waals surface area contributed by atoms with Gasteiger partial charge in [-0.15, -0.1) is 11.8 Å². The minimum absolute atomic E-state index is 0.0708. The van der Waals surface area contributed by atoms with Crippen molar-refractivity contribution in [2.75, 3.05) is 11.1 Å². The van der Waals surface area contributed by atoms with Gasteiger partial charge < -0.3 is 5.32 Å². The van der Waals surface area contributed by atoms with E-state index in [2.05, 4.69) is 27.9 Å². The van der Waals surface area contributed by atoms with Crippen LogP contribution >= 0.6 is 34.4 Å². The molecule has 0 fully saturated rings. The van der Waals surface area contributed by atoms with E-state index in [0.717, 1.165) is 14.8 Å². The number of thioether (sulfide) groups is 1. The van der Waals surface area contributed by atoms with E-state index in [9.17, 15) is 14.9 Å². The van der Waals surface area contributed by atoms with Crippen LogP contribution in [0.4, 0.5) is 11.4 Å². The summed E-state index contributed by atoms with van der Waals surface area (Å²) in [5, 5.41) is 13.5. The van der Waals surface area contributed by atoms with Crippen LogP contribution < -0.4 is 5.32 Å². The molecular formula is C15H13IN2O3S. The lowest BCUT2D eigenvalue weighted by atomic mass is 10.2. The highest BCUT2D eigenvalue weighted by Crippen LogP contribution is 2.18. The smallest absolute Gasteiger partial charge is 0.269 e. The van der Waals surface area contributed by atoms with E-state index in [1.54, 1.807) is 6.07 Å². The van der Waals surface area contributed by atoms with Crippen molar-refractivity contribution >= 4 is 51.6 Å². The topological polar surface area (TPSA) is 72.2 Å². The first kappa shape index (κ1) is 16.8. The zero-order chi connectivity index (χ0) is 15.9. The normalized spacial score (nSPS) is 10.2. The maximum atomic E-state index is 11.8. The lowest BCUT2D eigenvalue weighted by molar-refractivity contribution is -0.384. The van der Waals surface area contributed by atoms with Crippen LogP contribution in [0.15, 0.2) is 48.5 Å². The Labute approximate surface area is 145 Å². The standard InChI is InChI=1S/C15H13IN2O3S/c16-12-4-6-13(7-5-12)17-15(19)10-22-9-11-2-1-3-14(8-11)18(20)21/h1-8H,9-10H2,(H,17,19). The van der Waals surface area contributed by atoms with Crippen LogP contribution in [0.1, 0.15) is 5.56 Å². The molecule has 114 valence electrons. The summed E-state index contributed by atoms with van der Waals surface area (Å²) in [5.74, 6) is 0.771. The van der Waals surface area contributed by atoms with E-state index in [0.29, 0.717) is 11.5 Å². The number of non-ortho nitro benzene ring substituents is 1. The second kappa shape index (κ2) is 8.14. The van der Waals surface area contributed by atoms with Crippen LogP contribution in [0.2, 0.25) is 0 Å². The average molecular weight is 428 g/mol. The van der Waals surface area contributed by atoms with Gasteiger partial charge in [-0.25, -0.2) is 0 Å². The van der Waals surface area contributed by atoms with Crippen LogP contribution in [-0.4, -0.2) is 16.6 Å². The molecule has 0 spiro atoms. The van der Waals surface area contributed by atoms with Gasteiger partial charge in [0.25, 0.3) is 5.69 Å². The predicted molar refractivity (Wildman–Crippen MR) is 97.0 cm³/mol. The summed E-state index contributed by atoms with van der Waals surface area (Å²) in [6.45, 7) is 0. The van der Waals surface area contributed by atoms with Crippen molar-refractivity contribution in [3.05, 3.63) is 67.8 Å². The van der Waals surface area contributed by atoms with E-state index in [-0.39, 0.29) is 11.6 Å². The van der Waals surface area contributed by atoms with Gasteiger partial charge in [0.2, 0.25) is 5.91 Å². The summed E-state index contributed by atoms with van der Waals surface area (Å²) in [5.41, 5.74) is 1.67. The molecule has 0 unspecified atom stereocenters. The third-order valence-corrected chi connectivity index (χ3v) is 4.47. The van der Waals surface area contributed by atoms with Gasteiger partial charge in [-0.2, -0.15) is 0 Å². The van der Waals surface area contributed by atoms with E-state index in [1.807, 2.05) is 30.3 Å². The molecule has 0 saturated carbocycles. The minimum atomic E-state index is -0.419. The number of hydrogen-bond acceptors (Lipinski definition) is 4. The summed E-state index contributed by atoms with van der Waals surface area (Å²) in [4.78, 5) is 22.1. The molecule has 22 heavy (non-hydrogen) atoms. The highest BCUT2D eigenvalue weighted by atomic mass is 127. The van der Waals surface area contributed by atoms with E-state index < -0.39 is 4.92 Å². The summed E-state index contributed by atoms with van der Waals surface area (Å²) < 4.78 is 1.11. The number of anilines is 1. The molecule has 1 amide bonds. The number of halogens is 1. The number of carbonyl (C=O) groups is 1. The van der Waals surface area contributed by atoms with Crippen molar-refractivity contribution in [2.45, 2.75) is 5.75 Å². The SMILES string of the molecule is O=C(CSCc1cccc([N+](=O)[O-])c1)Nc1ccc(I)cc1. The zero-order valence-electron chi connectivity index (χ0n) is 11.5. The average Bonchev–Trinajstić information content (AvgIpc) is 2.50. The molecule has 2 aromatic rings. The molecule has 0 aromatic heterocycles. The summed E-state index contributed by atoms with van der Waals surface area (Å²) >= 11 is 3.62. The Morgan fingerprint density at radius 3 is 2.64 bits per heavy atom. The van der Waals surface area contributed by atoms with Gasteiger partial charge in [0.1, 0.15) is 0 Å². The van der Waals surface area contributed by atoms with Crippen LogP contribution in [0.5, 0.6) is 0 Å². The minimum Gasteiger partial charge on any atom is -0.325 e. The van der Waals surface area contributed by atoms with Crippen molar-refractivity contribution in [1.29, 1.82) is 0 Å². The first-order valence-electron chi connectivity index (χ1n) is 6.41. The molecule has 2 rings (SSSR count).